The molecule has 1 atom stereocenters. The number of likely N-dealkylation sites (tertiary alicyclic amines) is 1. The second-order valence-electron chi connectivity index (χ2n) is 8.73. The standard InChI is InChI=1S/C28H29N5O6/c1-4-38-28(35)24-25(30)31-26(18-7-5-6-17(12-18)14-29)32-27(24)39-16-20-9-11-23(34)33(20)15-19-8-10-21(36-2)13-22(19)37-3/h5-8,10,12-13,20H,4,9,11,15-16H2,1-3H3,(H2,30,31,32). The summed E-state index contributed by atoms with van der Waals surface area (Å²) in [4.78, 5) is 36.0. The summed E-state index contributed by atoms with van der Waals surface area (Å²) in [5.74, 6) is 0.527. The molecule has 0 spiro atoms. The van der Waals surface area contributed by atoms with Crippen LogP contribution in [-0.4, -0.2) is 60.2 Å². The Hall–Kier alpha value is -4.85. The highest BCUT2D eigenvalue weighted by Gasteiger charge is 2.33. The number of rotatable bonds is 10. The lowest BCUT2D eigenvalue weighted by Crippen LogP contribution is -2.36. The first-order valence-electron chi connectivity index (χ1n) is 12.4. The van der Waals surface area contributed by atoms with Crippen molar-refractivity contribution >= 4 is 17.7 Å². The van der Waals surface area contributed by atoms with Crippen molar-refractivity contribution in [2.45, 2.75) is 32.4 Å². The van der Waals surface area contributed by atoms with Crippen molar-refractivity contribution in [3.63, 3.8) is 0 Å². The summed E-state index contributed by atoms with van der Waals surface area (Å²) in [5.41, 5.74) is 7.84. The summed E-state index contributed by atoms with van der Waals surface area (Å²) in [5, 5.41) is 9.26. The number of nitrogen functional groups attached to an aromatic ring is 1. The second-order valence-corrected chi connectivity index (χ2v) is 8.73. The lowest BCUT2D eigenvalue weighted by atomic mass is 10.1. The number of hydrogen-bond donors (Lipinski definition) is 1. The van der Waals surface area contributed by atoms with E-state index >= 15 is 0 Å². The molecule has 11 nitrogen and oxygen atoms in total. The third kappa shape index (κ3) is 6.01. The van der Waals surface area contributed by atoms with Crippen molar-refractivity contribution < 1.29 is 28.5 Å². The van der Waals surface area contributed by atoms with Crippen LogP contribution in [0, 0.1) is 11.3 Å². The van der Waals surface area contributed by atoms with Gasteiger partial charge in [0.05, 0.1) is 38.5 Å². The van der Waals surface area contributed by atoms with E-state index in [0.29, 0.717) is 42.0 Å². The highest BCUT2D eigenvalue weighted by molar-refractivity contribution is 5.97. The van der Waals surface area contributed by atoms with Crippen LogP contribution in [0.25, 0.3) is 11.4 Å². The Labute approximate surface area is 226 Å². The van der Waals surface area contributed by atoms with Crippen molar-refractivity contribution in [2.24, 2.45) is 0 Å². The largest absolute Gasteiger partial charge is 0.497 e. The van der Waals surface area contributed by atoms with Crippen LogP contribution in [0.15, 0.2) is 42.5 Å². The van der Waals surface area contributed by atoms with Crippen molar-refractivity contribution in [1.82, 2.24) is 14.9 Å². The number of ether oxygens (including phenoxy) is 4. The minimum atomic E-state index is -0.718. The molecule has 39 heavy (non-hydrogen) atoms. The van der Waals surface area contributed by atoms with Crippen molar-refractivity contribution in [3.8, 4) is 34.8 Å². The Balaban J connectivity index is 1.62. The molecule has 11 heteroatoms. The first-order valence-corrected chi connectivity index (χ1v) is 12.4. The number of nitriles is 1. The van der Waals surface area contributed by atoms with E-state index in [4.69, 9.17) is 24.7 Å². The fourth-order valence-corrected chi connectivity index (χ4v) is 4.34. The number of carbonyl (C=O) groups excluding carboxylic acids is 2. The molecule has 0 bridgehead atoms. The topological polar surface area (TPSA) is 150 Å². The molecule has 1 aliphatic rings. The fourth-order valence-electron chi connectivity index (χ4n) is 4.34. The van der Waals surface area contributed by atoms with Crippen LogP contribution in [0.1, 0.15) is 41.3 Å². The first-order chi connectivity index (χ1) is 18.9. The molecule has 1 saturated heterocycles. The maximum Gasteiger partial charge on any atom is 0.347 e. The molecule has 0 radical (unpaired) electrons. The number of hydrogen-bond acceptors (Lipinski definition) is 10. The van der Waals surface area contributed by atoms with Crippen molar-refractivity contribution in [1.29, 1.82) is 5.26 Å². The number of benzene rings is 2. The van der Waals surface area contributed by atoms with Gasteiger partial charge in [-0.15, -0.1) is 0 Å². The predicted molar refractivity (Wildman–Crippen MR) is 141 cm³/mol. The van der Waals surface area contributed by atoms with Gasteiger partial charge in [-0.1, -0.05) is 12.1 Å². The second kappa shape index (κ2) is 12.1. The summed E-state index contributed by atoms with van der Waals surface area (Å²) in [6.45, 7) is 2.17. The molecule has 3 aromatic rings. The van der Waals surface area contributed by atoms with Gasteiger partial charge >= 0.3 is 5.97 Å². The molecule has 2 aromatic carbocycles. The van der Waals surface area contributed by atoms with Crippen LogP contribution in [0.3, 0.4) is 0 Å². The number of nitrogens with zero attached hydrogens (tertiary/aromatic N) is 4. The Bertz CT molecular complexity index is 1420. The van der Waals surface area contributed by atoms with Crippen LogP contribution >= 0.6 is 0 Å². The van der Waals surface area contributed by atoms with E-state index in [0.717, 1.165) is 5.56 Å². The van der Waals surface area contributed by atoms with Crippen LogP contribution in [-0.2, 0) is 16.1 Å². The van der Waals surface area contributed by atoms with Gasteiger partial charge in [0.15, 0.2) is 11.4 Å². The summed E-state index contributed by atoms with van der Waals surface area (Å²) < 4.78 is 22.0. The maximum absolute atomic E-state index is 12.8. The predicted octanol–water partition coefficient (Wildman–Crippen LogP) is 3.36. The van der Waals surface area contributed by atoms with E-state index < -0.39 is 5.97 Å². The Morgan fingerprint density at radius 3 is 2.72 bits per heavy atom. The highest BCUT2D eigenvalue weighted by Crippen LogP contribution is 2.31. The van der Waals surface area contributed by atoms with Gasteiger partial charge in [-0.25, -0.2) is 9.78 Å². The first kappa shape index (κ1) is 27.2. The van der Waals surface area contributed by atoms with E-state index in [1.165, 1.54) is 0 Å². The van der Waals surface area contributed by atoms with Crippen LogP contribution in [0.2, 0.25) is 0 Å². The quantitative estimate of drug-likeness (QED) is 0.386. The smallest absolute Gasteiger partial charge is 0.347 e. The fraction of sp³-hybridized carbons (Fsp3) is 0.321. The molecule has 1 unspecified atom stereocenters. The minimum Gasteiger partial charge on any atom is -0.497 e. The van der Waals surface area contributed by atoms with E-state index in [2.05, 4.69) is 16.0 Å². The molecular formula is C28H29N5O6. The van der Waals surface area contributed by atoms with Gasteiger partial charge in [-0.3, -0.25) is 4.79 Å². The van der Waals surface area contributed by atoms with Gasteiger partial charge in [0, 0.05) is 30.2 Å². The zero-order valence-electron chi connectivity index (χ0n) is 22.0. The molecule has 4 rings (SSSR count). The van der Waals surface area contributed by atoms with Gasteiger partial charge in [0.2, 0.25) is 11.8 Å². The van der Waals surface area contributed by atoms with E-state index in [1.54, 1.807) is 56.4 Å². The number of esters is 1. The average Bonchev–Trinajstić information content (AvgIpc) is 3.30. The molecule has 202 valence electrons. The molecule has 0 aliphatic carbocycles. The lowest BCUT2D eigenvalue weighted by molar-refractivity contribution is -0.129. The number of methoxy groups -OCH3 is 2. The average molecular weight is 532 g/mol. The third-order valence-corrected chi connectivity index (χ3v) is 6.33. The molecule has 1 aromatic heterocycles. The molecule has 1 amide bonds. The number of nitrogens with two attached hydrogens (primary N) is 1. The SMILES string of the molecule is CCOC(=O)c1c(N)nc(-c2cccc(C#N)c2)nc1OCC1CCC(=O)N1Cc1ccc(OC)cc1OC. The molecule has 2 heterocycles. The summed E-state index contributed by atoms with van der Waals surface area (Å²) in [6.07, 6.45) is 0.916. The molecule has 2 N–H and O–H groups in total. The number of carbonyl (C=O) groups is 2. The summed E-state index contributed by atoms with van der Waals surface area (Å²) >= 11 is 0. The Kier molecular flexibility index (Phi) is 8.46. The lowest BCUT2D eigenvalue weighted by Gasteiger charge is -2.26. The van der Waals surface area contributed by atoms with E-state index in [9.17, 15) is 14.9 Å². The molecular weight excluding hydrogens is 502 g/mol. The molecule has 1 fully saturated rings. The van der Waals surface area contributed by atoms with E-state index in [1.807, 2.05) is 12.1 Å². The third-order valence-electron chi connectivity index (χ3n) is 6.33. The number of anilines is 1. The molecule has 1 aliphatic heterocycles. The van der Waals surface area contributed by atoms with Crippen molar-refractivity contribution in [2.75, 3.05) is 33.2 Å². The Morgan fingerprint density at radius 1 is 1.18 bits per heavy atom. The van der Waals surface area contributed by atoms with Crippen LogP contribution in [0.4, 0.5) is 5.82 Å². The summed E-state index contributed by atoms with van der Waals surface area (Å²) in [7, 11) is 3.13. The highest BCUT2D eigenvalue weighted by atomic mass is 16.5. The molecule has 0 saturated carbocycles. The number of aromatic nitrogens is 2. The van der Waals surface area contributed by atoms with Gasteiger partial charge in [-0.2, -0.15) is 10.2 Å². The van der Waals surface area contributed by atoms with Crippen molar-refractivity contribution in [3.05, 3.63) is 59.2 Å². The maximum atomic E-state index is 12.8. The minimum absolute atomic E-state index is 0.0247. The van der Waals surface area contributed by atoms with Gasteiger partial charge in [-0.05, 0) is 37.6 Å². The zero-order valence-corrected chi connectivity index (χ0v) is 22.0. The zero-order chi connectivity index (χ0) is 27.9. The van der Waals surface area contributed by atoms with Gasteiger partial charge in [0.1, 0.15) is 23.9 Å². The van der Waals surface area contributed by atoms with Gasteiger partial charge < -0.3 is 29.6 Å². The van der Waals surface area contributed by atoms with Crippen LogP contribution in [0.5, 0.6) is 17.4 Å². The summed E-state index contributed by atoms with van der Waals surface area (Å²) in [6, 6.07) is 13.9. The normalized spacial score (nSPS) is 14.6. The van der Waals surface area contributed by atoms with Gasteiger partial charge in [0.25, 0.3) is 0 Å². The van der Waals surface area contributed by atoms with Crippen LogP contribution < -0.4 is 19.9 Å². The monoisotopic (exact) mass is 531 g/mol. The Morgan fingerprint density at radius 2 is 2.00 bits per heavy atom. The van der Waals surface area contributed by atoms with E-state index in [-0.39, 0.29) is 48.2 Å². The number of amides is 1.